The Bertz CT molecular complexity index is 336. The Hall–Kier alpha value is -1.10. The molecule has 0 radical (unpaired) electrons. The van der Waals surface area contributed by atoms with Crippen LogP contribution in [0.3, 0.4) is 0 Å². The lowest BCUT2D eigenvalue weighted by Crippen LogP contribution is -2.53. The van der Waals surface area contributed by atoms with Gasteiger partial charge in [-0.1, -0.05) is 6.92 Å². The van der Waals surface area contributed by atoms with Gasteiger partial charge in [0.25, 0.3) is 0 Å². The molecule has 104 valence electrons. The van der Waals surface area contributed by atoms with Crippen LogP contribution >= 0.6 is 0 Å². The van der Waals surface area contributed by atoms with Gasteiger partial charge in [0.1, 0.15) is 6.04 Å². The van der Waals surface area contributed by atoms with E-state index in [2.05, 4.69) is 6.92 Å². The van der Waals surface area contributed by atoms with Crippen LogP contribution in [0, 0.1) is 5.92 Å². The second-order valence-corrected chi connectivity index (χ2v) is 6.26. The maximum Gasteiger partial charge on any atom is 0.305 e. The van der Waals surface area contributed by atoms with Gasteiger partial charge in [0.15, 0.2) is 0 Å². The Morgan fingerprint density at radius 3 is 2.39 bits per heavy atom. The predicted molar refractivity (Wildman–Crippen MR) is 69.3 cm³/mol. The Kier molecular flexibility index (Phi) is 4.37. The molecule has 5 nitrogen and oxygen atoms in total. The highest BCUT2D eigenvalue weighted by atomic mass is 16.4. The molecule has 0 aromatic rings. The van der Waals surface area contributed by atoms with Gasteiger partial charge in [-0.15, -0.1) is 0 Å². The molecular formula is C13H24N2O3. The molecule has 5 heteroatoms. The molecule has 1 amide bonds. The lowest BCUT2D eigenvalue weighted by Gasteiger charge is -2.40. The van der Waals surface area contributed by atoms with E-state index in [4.69, 9.17) is 5.11 Å². The lowest BCUT2D eigenvalue weighted by molar-refractivity contribution is -0.145. The highest BCUT2D eigenvalue weighted by Gasteiger charge is 2.39. The van der Waals surface area contributed by atoms with Crippen molar-refractivity contribution in [3.63, 3.8) is 0 Å². The molecule has 1 N–H and O–H groups in total. The van der Waals surface area contributed by atoms with Crippen LogP contribution in [-0.4, -0.2) is 58.5 Å². The van der Waals surface area contributed by atoms with Crippen molar-refractivity contribution in [2.45, 2.75) is 45.7 Å². The van der Waals surface area contributed by atoms with Crippen molar-refractivity contribution in [1.29, 1.82) is 0 Å². The van der Waals surface area contributed by atoms with Crippen molar-refractivity contribution in [3.8, 4) is 0 Å². The fourth-order valence-corrected chi connectivity index (χ4v) is 2.57. The summed E-state index contributed by atoms with van der Waals surface area (Å²) in [5.74, 6) is -0.667. The molecule has 1 heterocycles. The number of likely N-dealkylation sites (N-methyl/N-ethyl adjacent to an activating group) is 1. The Balaban J connectivity index is 3.07. The summed E-state index contributed by atoms with van der Waals surface area (Å²) in [6.45, 7) is 9.58. The van der Waals surface area contributed by atoms with Crippen molar-refractivity contribution < 1.29 is 14.7 Å². The minimum absolute atomic E-state index is 0.0864. The third kappa shape index (κ3) is 3.45. The fourth-order valence-electron chi connectivity index (χ4n) is 2.57. The molecule has 1 aliphatic heterocycles. The number of carbonyl (C=O) groups excluding carboxylic acids is 1. The standard InChI is InChI=1S/C13H24N2O3/c1-9-7-14(5)12(18)10(6-11(16)17)15(8-9)13(2,3)4/h9-10H,6-8H2,1-5H3,(H,16,17). The maximum atomic E-state index is 12.3. The summed E-state index contributed by atoms with van der Waals surface area (Å²) < 4.78 is 0. The Morgan fingerprint density at radius 2 is 1.94 bits per heavy atom. The van der Waals surface area contributed by atoms with Crippen molar-refractivity contribution in [1.82, 2.24) is 9.80 Å². The Labute approximate surface area is 109 Å². The quantitative estimate of drug-likeness (QED) is 0.802. The summed E-state index contributed by atoms with van der Waals surface area (Å²) in [5.41, 5.74) is -0.213. The Morgan fingerprint density at radius 1 is 1.39 bits per heavy atom. The minimum atomic E-state index is -0.925. The van der Waals surface area contributed by atoms with Crippen LogP contribution in [0.2, 0.25) is 0 Å². The average Bonchev–Trinajstić information content (AvgIpc) is 2.28. The first-order valence-electron chi connectivity index (χ1n) is 6.36. The highest BCUT2D eigenvalue weighted by Crippen LogP contribution is 2.25. The number of nitrogens with zero attached hydrogens (tertiary/aromatic N) is 2. The molecule has 0 aromatic carbocycles. The molecule has 2 unspecified atom stereocenters. The van der Waals surface area contributed by atoms with E-state index in [-0.39, 0.29) is 17.9 Å². The molecule has 1 saturated heterocycles. The maximum absolute atomic E-state index is 12.3. The molecule has 0 spiro atoms. The molecular weight excluding hydrogens is 232 g/mol. The number of carbonyl (C=O) groups is 2. The van der Waals surface area contributed by atoms with Gasteiger partial charge < -0.3 is 10.0 Å². The molecule has 18 heavy (non-hydrogen) atoms. The van der Waals surface area contributed by atoms with Gasteiger partial charge in [0.05, 0.1) is 6.42 Å². The average molecular weight is 256 g/mol. The normalized spacial score (nSPS) is 27.2. The molecule has 2 atom stereocenters. The van der Waals surface area contributed by atoms with Crippen molar-refractivity contribution in [2.75, 3.05) is 20.1 Å². The number of rotatable bonds is 2. The van der Waals surface area contributed by atoms with Gasteiger partial charge in [-0.2, -0.15) is 0 Å². The van der Waals surface area contributed by atoms with E-state index in [0.717, 1.165) is 6.54 Å². The van der Waals surface area contributed by atoms with Gasteiger partial charge in [-0.3, -0.25) is 14.5 Å². The van der Waals surface area contributed by atoms with Crippen LogP contribution < -0.4 is 0 Å². The van der Waals surface area contributed by atoms with Crippen LogP contribution in [-0.2, 0) is 9.59 Å². The summed E-state index contributed by atoms with van der Waals surface area (Å²) in [5, 5.41) is 9.01. The minimum Gasteiger partial charge on any atom is -0.481 e. The second kappa shape index (κ2) is 5.26. The zero-order valence-corrected chi connectivity index (χ0v) is 11.9. The third-order valence-electron chi connectivity index (χ3n) is 3.36. The van der Waals surface area contributed by atoms with Crippen LogP contribution in [0.15, 0.2) is 0 Å². The number of aliphatic carboxylic acids is 1. The monoisotopic (exact) mass is 256 g/mol. The largest absolute Gasteiger partial charge is 0.481 e. The third-order valence-corrected chi connectivity index (χ3v) is 3.36. The van der Waals surface area contributed by atoms with Crippen molar-refractivity contribution in [3.05, 3.63) is 0 Å². The van der Waals surface area contributed by atoms with Crippen molar-refractivity contribution in [2.24, 2.45) is 5.92 Å². The number of carboxylic acid groups (broad SMARTS) is 1. The molecule has 0 saturated carbocycles. The molecule has 1 aliphatic rings. The SMILES string of the molecule is CC1CN(C)C(=O)C(CC(=O)O)N(C(C)(C)C)C1. The van der Waals surface area contributed by atoms with E-state index in [1.807, 2.05) is 25.7 Å². The first-order chi connectivity index (χ1) is 8.12. The van der Waals surface area contributed by atoms with Crippen molar-refractivity contribution >= 4 is 11.9 Å². The van der Waals surface area contributed by atoms with Gasteiger partial charge >= 0.3 is 5.97 Å². The number of amides is 1. The van der Waals surface area contributed by atoms with Gasteiger partial charge in [-0.25, -0.2) is 0 Å². The zero-order valence-electron chi connectivity index (χ0n) is 11.9. The van der Waals surface area contributed by atoms with E-state index in [0.29, 0.717) is 12.5 Å². The molecule has 0 aromatic heterocycles. The number of hydrogen-bond donors (Lipinski definition) is 1. The van der Waals surface area contributed by atoms with Crippen LogP contribution in [0.5, 0.6) is 0 Å². The van der Waals surface area contributed by atoms with E-state index < -0.39 is 12.0 Å². The summed E-state index contributed by atoms with van der Waals surface area (Å²) in [6, 6.07) is -0.558. The summed E-state index contributed by atoms with van der Waals surface area (Å²) >= 11 is 0. The van der Waals surface area contributed by atoms with E-state index in [1.165, 1.54) is 0 Å². The zero-order chi connectivity index (χ0) is 14.1. The molecule has 1 fully saturated rings. The van der Waals surface area contributed by atoms with E-state index in [9.17, 15) is 9.59 Å². The summed E-state index contributed by atoms with van der Waals surface area (Å²) in [4.78, 5) is 27.0. The summed E-state index contributed by atoms with van der Waals surface area (Å²) in [6.07, 6.45) is -0.132. The van der Waals surface area contributed by atoms with E-state index in [1.54, 1.807) is 11.9 Å². The van der Waals surface area contributed by atoms with Crippen LogP contribution in [0.4, 0.5) is 0 Å². The summed E-state index contributed by atoms with van der Waals surface area (Å²) in [7, 11) is 1.75. The topological polar surface area (TPSA) is 60.9 Å². The first-order valence-corrected chi connectivity index (χ1v) is 6.36. The van der Waals surface area contributed by atoms with Crippen LogP contribution in [0.1, 0.15) is 34.1 Å². The smallest absolute Gasteiger partial charge is 0.305 e. The van der Waals surface area contributed by atoms with Gasteiger partial charge in [0.2, 0.25) is 5.91 Å². The molecule has 0 bridgehead atoms. The number of hydrogen-bond acceptors (Lipinski definition) is 3. The van der Waals surface area contributed by atoms with Crippen LogP contribution in [0.25, 0.3) is 0 Å². The lowest BCUT2D eigenvalue weighted by atomic mass is 9.99. The molecule has 1 rings (SSSR count). The van der Waals surface area contributed by atoms with Gasteiger partial charge in [0, 0.05) is 25.7 Å². The fraction of sp³-hybridized carbons (Fsp3) is 0.846. The number of carboxylic acids is 1. The second-order valence-electron chi connectivity index (χ2n) is 6.26. The predicted octanol–water partition coefficient (Wildman–Crippen LogP) is 1.04. The molecule has 0 aliphatic carbocycles. The first kappa shape index (κ1) is 15.0. The van der Waals surface area contributed by atoms with Gasteiger partial charge in [-0.05, 0) is 26.7 Å². The van der Waals surface area contributed by atoms with E-state index >= 15 is 0 Å². The highest BCUT2D eigenvalue weighted by molar-refractivity contribution is 5.86.